The van der Waals surface area contributed by atoms with Gasteiger partial charge in [0, 0.05) is 6.07 Å². The van der Waals surface area contributed by atoms with E-state index < -0.39 is 17.3 Å². The van der Waals surface area contributed by atoms with E-state index in [1.165, 1.54) is 0 Å². The number of halogens is 2. The average Bonchev–Trinajstić information content (AvgIpc) is 2.74. The van der Waals surface area contributed by atoms with Crippen LogP contribution in [-0.4, -0.2) is 20.4 Å². The molecule has 0 radical (unpaired) electrons. The van der Waals surface area contributed by atoms with Crippen LogP contribution in [0.1, 0.15) is 5.89 Å². The molecule has 0 aliphatic heterocycles. The molecule has 0 atom stereocenters. The van der Waals surface area contributed by atoms with Crippen molar-refractivity contribution in [2.75, 3.05) is 0 Å². The number of phenols is 2. The Morgan fingerprint density at radius 1 is 1.47 bits per heavy atom. The van der Waals surface area contributed by atoms with Gasteiger partial charge in [0.25, 0.3) is 0 Å². The number of hydrogen-bond donors (Lipinski definition) is 3. The number of phenolic OH excluding ortho intramolecular Hbond substituents is 2. The summed E-state index contributed by atoms with van der Waals surface area (Å²) < 4.78 is 18.3. The van der Waals surface area contributed by atoms with Crippen molar-refractivity contribution in [3.05, 3.63) is 22.2 Å². The summed E-state index contributed by atoms with van der Waals surface area (Å²) in [5.74, 6) is -1.80. The van der Waals surface area contributed by atoms with Gasteiger partial charge in [-0.25, -0.2) is 4.39 Å². The molecule has 0 spiro atoms. The predicted molar refractivity (Wildman–Crippen MR) is 58.6 cm³/mol. The summed E-state index contributed by atoms with van der Waals surface area (Å²) in [5.41, 5.74) is 5.17. The quantitative estimate of drug-likeness (QED) is 0.726. The molecular weight excluding hydrogens is 297 g/mol. The molecule has 0 unspecified atom stereocenters. The summed E-state index contributed by atoms with van der Waals surface area (Å²) in [6, 6.07) is 0.758. The number of nitrogens with two attached hydrogens (primary N) is 1. The third-order valence-corrected chi connectivity index (χ3v) is 2.81. The maximum Gasteiger partial charge on any atom is 0.240 e. The Hall–Kier alpha value is -1.67. The van der Waals surface area contributed by atoms with Gasteiger partial charge in [-0.2, -0.15) is 4.98 Å². The molecule has 1 heterocycles. The van der Waals surface area contributed by atoms with Crippen LogP contribution in [0, 0.1) is 5.82 Å². The van der Waals surface area contributed by atoms with Gasteiger partial charge in [-0.05, 0) is 15.9 Å². The van der Waals surface area contributed by atoms with Crippen LogP contribution in [0.5, 0.6) is 11.5 Å². The molecule has 0 saturated heterocycles. The number of nitrogens with zero attached hydrogens (tertiary/aromatic N) is 2. The van der Waals surface area contributed by atoms with Crippen molar-refractivity contribution in [3.8, 4) is 22.9 Å². The van der Waals surface area contributed by atoms with E-state index in [0.717, 1.165) is 6.07 Å². The summed E-state index contributed by atoms with van der Waals surface area (Å²) >= 11 is 2.95. The topological polar surface area (TPSA) is 105 Å². The Morgan fingerprint density at radius 3 is 2.76 bits per heavy atom. The van der Waals surface area contributed by atoms with E-state index in [-0.39, 0.29) is 28.3 Å². The van der Waals surface area contributed by atoms with Gasteiger partial charge in [-0.15, -0.1) is 0 Å². The first kappa shape index (κ1) is 11.8. The monoisotopic (exact) mass is 303 g/mol. The van der Waals surface area contributed by atoms with Crippen LogP contribution in [0.2, 0.25) is 0 Å². The SMILES string of the molecule is NCc1nc(-c2c(F)cc(O)c(O)c2Br)no1. The second kappa shape index (κ2) is 4.30. The molecule has 2 rings (SSSR count). The molecule has 4 N–H and O–H groups in total. The lowest BCUT2D eigenvalue weighted by atomic mass is 10.2. The summed E-state index contributed by atoms with van der Waals surface area (Å²) in [5, 5.41) is 22.2. The number of aromatic hydroxyl groups is 2. The van der Waals surface area contributed by atoms with Gasteiger partial charge in [0.2, 0.25) is 11.7 Å². The number of benzene rings is 1. The van der Waals surface area contributed by atoms with Crippen molar-refractivity contribution in [2.45, 2.75) is 6.54 Å². The van der Waals surface area contributed by atoms with E-state index in [2.05, 4.69) is 26.1 Å². The van der Waals surface area contributed by atoms with Crippen LogP contribution < -0.4 is 5.73 Å². The highest BCUT2D eigenvalue weighted by Gasteiger charge is 2.21. The molecule has 0 aliphatic rings. The van der Waals surface area contributed by atoms with Gasteiger partial charge in [-0.1, -0.05) is 5.16 Å². The molecule has 0 amide bonds. The van der Waals surface area contributed by atoms with Crippen LogP contribution in [0.4, 0.5) is 4.39 Å². The van der Waals surface area contributed by atoms with Crippen molar-refractivity contribution < 1.29 is 19.1 Å². The van der Waals surface area contributed by atoms with E-state index in [1.54, 1.807) is 0 Å². The molecule has 1 aromatic heterocycles. The van der Waals surface area contributed by atoms with Gasteiger partial charge in [0.05, 0.1) is 16.6 Å². The fourth-order valence-corrected chi connectivity index (χ4v) is 1.81. The van der Waals surface area contributed by atoms with Gasteiger partial charge in [-0.3, -0.25) is 0 Å². The highest BCUT2D eigenvalue weighted by Crippen LogP contribution is 2.41. The van der Waals surface area contributed by atoms with E-state index in [1.807, 2.05) is 0 Å². The lowest BCUT2D eigenvalue weighted by molar-refractivity contribution is 0.380. The standard InChI is InChI=1S/C9H7BrFN3O3/c10-7-6(3(11)1-4(15)8(7)16)9-13-5(2-12)17-14-9/h1,15-16H,2,12H2. The molecule has 8 heteroatoms. The fraction of sp³-hybridized carbons (Fsp3) is 0.111. The zero-order valence-corrected chi connectivity index (χ0v) is 9.90. The fourth-order valence-electron chi connectivity index (χ4n) is 1.24. The lowest BCUT2D eigenvalue weighted by Gasteiger charge is -2.05. The van der Waals surface area contributed by atoms with Crippen LogP contribution in [0.3, 0.4) is 0 Å². The van der Waals surface area contributed by atoms with Crippen LogP contribution >= 0.6 is 15.9 Å². The molecular formula is C9H7BrFN3O3. The van der Waals surface area contributed by atoms with Gasteiger partial charge in [0.15, 0.2) is 11.5 Å². The number of hydrogen-bond acceptors (Lipinski definition) is 6. The van der Waals surface area contributed by atoms with Crippen molar-refractivity contribution in [2.24, 2.45) is 5.73 Å². The van der Waals surface area contributed by atoms with E-state index in [0.29, 0.717) is 0 Å². The van der Waals surface area contributed by atoms with Crippen molar-refractivity contribution in [1.82, 2.24) is 10.1 Å². The molecule has 1 aromatic carbocycles. The van der Waals surface area contributed by atoms with Crippen LogP contribution in [-0.2, 0) is 6.54 Å². The van der Waals surface area contributed by atoms with Crippen molar-refractivity contribution >= 4 is 15.9 Å². The molecule has 2 aromatic rings. The minimum atomic E-state index is -0.795. The Morgan fingerprint density at radius 2 is 2.18 bits per heavy atom. The highest BCUT2D eigenvalue weighted by molar-refractivity contribution is 9.10. The molecule has 0 bridgehead atoms. The highest BCUT2D eigenvalue weighted by atomic mass is 79.9. The zero-order chi connectivity index (χ0) is 12.6. The molecule has 0 fully saturated rings. The summed E-state index contributed by atoms with van der Waals surface area (Å²) in [7, 11) is 0. The first-order chi connectivity index (χ1) is 8.04. The molecule has 0 saturated carbocycles. The Balaban J connectivity index is 2.62. The van der Waals surface area contributed by atoms with Crippen LogP contribution in [0.15, 0.2) is 15.1 Å². The minimum absolute atomic E-state index is 0.0241. The summed E-state index contributed by atoms with van der Waals surface area (Å²) in [6.45, 7) is 0.0241. The van der Waals surface area contributed by atoms with Crippen molar-refractivity contribution in [3.63, 3.8) is 0 Å². The Labute approximate surface area is 103 Å². The van der Waals surface area contributed by atoms with E-state index >= 15 is 0 Å². The molecule has 0 aliphatic carbocycles. The Kier molecular flexibility index (Phi) is 2.99. The zero-order valence-electron chi connectivity index (χ0n) is 8.31. The maximum atomic E-state index is 13.6. The van der Waals surface area contributed by atoms with E-state index in [9.17, 15) is 14.6 Å². The Bertz CT molecular complexity index is 573. The summed E-state index contributed by atoms with van der Waals surface area (Å²) in [4.78, 5) is 3.83. The van der Waals surface area contributed by atoms with Crippen LogP contribution in [0.25, 0.3) is 11.4 Å². The molecule has 17 heavy (non-hydrogen) atoms. The second-order valence-electron chi connectivity index (χ2n) is 3.13. The third-order valence-electron chi connectivity index (χ3n) is 2.04. The second-order valence-corrected chi connectivity index (χ2v) is 3.92. The van der Waals surface area contributed by atoms with Gasteiger partial charge >= 0.3 is 0 Å². The number of aromatic nitrogens is 2. The first-order valence-corrected chi connectivity index (χ1v) is 5.26. The first-order valence-electron chi connectivity index (χ1n) is 4.47. The predicted octanol–water partition coefficient (Wildman–Crippen LogP) is 1.51. The third kappa shape index (κ3) is 1.96. The lowest BCUT2D eigenvalue weighted by Crippen LogP contribution is -1.96. The largest absolute Gasteiger partial charge is 0.504 e. The summed E-state index contributed by atoms with van der Waals surface area (Å²) in [6.07, 6.45) is 0. The number of rotatable bonds is 2. The normalized spacial score (nSPS) is 10.8. The maximum absolute atomic E-state index is 13.6. The smallest absolute Gasteiger partial charge is 0.240 e. The van der Waals surface area contributed by atoms with Gasteiger partial charge < -0.3 is 20.5 Å². The molecule has 6 nitrogen and oxygen atoms in total. The van der Waals surface area contributed by atoms with Crippen molar-refractivity contribution in [1.29, 1.82) is 0 Å². The minimum Gasteiger partial charge on any atom is -0.504 e. The van der Waals surface area contributed by atoms with E-state index in [4.69, 9.17) is 10.3 Å². The van der Waals surface area contributed by atoms with Gasteiger partial charge in [0.1, 0.15) is 5.82 Å². The molecule has 90 valence electrons. The average molecular weight is 304 g/mol.